The van der Waals surface area contributed by atoms with Gasteiger partial charge in [-0.05, 0) is 5.04 Å². The lowest BCUT2D eigenvalue weighted by Gasteiger charge is -2.38. The van der Waals surface area contributed by atoms with Gasteiger partial charge < -0.3 is 10.2 Å². The molecule has 0 aliphatic carbocycles. The maximum absolute atomic E-state index is 10.6. The molecule has 0 spiro atoms. The summed E-state index contributed by atoms with van der Waals surface area (Å²) in [5.41, 5.74) is -1.17. The fourth-order valence-corrected chi connectivity index (χ4v) is 2.16. The third kappa shape index (κ3) is 2.07. The number of aliphatic hydroxyl groups excluding tert-OH is 1. The molecule has 0 aliphatic heterocycles. The maximum Gasteiger partial charge on any atom is 0.329 e. The molecule has 0 aromatic carbocycles. The zero-order chi connectivity index (χ0) is 10.2. The van der Waals surface area contributed by atoms with Crippen molar-refractivity contribution < 1.29 is 15.0 Å². The number of hydrogen-bond acceptors (Lipinski definition) is 2. The molecule has 0 aromatic heterocycles. The number of carboxylic acid groups (broad SMARTS) is 1. The zero-order valence-electron chi connectivity index (χ0n) is 8.38. The van der Waals surface area contributed by atoms with E-state index in [2.05, 4.69) is 0 Å². The van der Waals surface area contributed by atoms with E-state index < -0.39 is 19.8 Å². The quantitative estimate of drug-likeness (QED) is 0.648. The summed E-state index contributed by atoms with van der Waals surface area (Å²) in [4.78, 5) is 10.6. The molecule has 4 heteroatoms. The van der Waals surface area contributed by atoms with Crippen LogP contribution < -0.4 is 0 Å². The molecule has 0 heterocycles. The van der Waals surface area contributed by atoms with Crippen molar-refractivity contribution in [1.82, 2.24) is 0 Å². The lowest BCUT2D eigenvalue weighted by molar-refractivity contribution is -0.143. The van der Waals surface area contributed by atoms with Gasteiger partial charge in [0.1, 0.15) is 13.8 Å². The molecule has 0 radical (unpaired) electrons. The first-order chi connectivity index (χ1) is 5.10. The number of aliphatic carboxylic acids is 1. The zero-order valence-corrected chi connectivity index (χ0v) is 9.38. The van der Waals surface area contributed by atoms with Crippen LogP contribution in [-0.4, -0.2) is 30.0 Å². The standard InChI is InChI=1S/C8H18O3Si/c1-8(2,3)12(4,5)7(11)6(9)10/h7,11H,1-5H3,(H,9,10)/t7-/m0/s1. The van der Waals surface area contributed by atoms with Crippen molar-refractivity contribution in [2.24, 2.45) is 0 Å². The van der Waals surface area contributed by atoms with Crippen LogP contribution in [-0.2, 0) is 4.79 Å². The van der Waals surface area contributed by atoms with Crippen molar-refractivity contribution in [2.75, 3.05) is 0 Å². The molecule has 0 rings (SSSR count). The Bertz CT molecular complexity index is 181. The van der Waals surface area contributed by atoms with E-state index in [0.717, 1.165) is 0 Å². The third-order valence-corrected chi connectivity index (χ3v) is 8.33. The third-order valence-electron chi connectivity index (χ3n) is 2.85. The van der Waals surface area contributed by atoms with Crippen LogP contribution in [0.5, 0.6) is 0 Å². The van der Waals surface area contributed by atoms with E-state index in [1.54, 1.807) is 0 Å². The number of rotatable bonds is 2. The molecule has 2 N–H and O–H groups in total. The van der Waals surface area contributed by atoms with Crippen molar-refractivity contribution in [3.63, 3.8) is 0 Å². The highest BCUT2D eigenvalue weighted by Crippen LogP contribution is 2.37. The van der Waals surface area contributed by atoms with Crippen LogP contribution >= 0.6 is 0 Å². The van der Waals surface area contributed by atoms with E-state index in [1.165, 1.54) is 0 Å². The minimum absolute atomic E-state index is 0.0925. The van der Waals surface area contributed by atoms with E-state index in [-0.39, 0.29) is 5.04 Å². The molecule has 0 saturated carbocycles. The Kier molecular flexibility index (Phi) is 3.09. The lowest BCUT2D eigenvalue weighted by atomic mass is 10.2. The predicted octanol–water partition coefficient (Wildman–Crippen LogP) is 1.48. The average molecular weight is 190 g/mol. The molecular formula is C8H18O3Si. The van der Waals surface area contributed by atoms with Crippen molar-refractivity contribution in [3.05, 3.63) is 0 Å². The van der Waals surface area contributed by atoms with Gasteiger partial charge in [0.05, 0.1) is 0 Å². The topological polar surface area (TPSA) is 57.5 Å². The summed E-state index contributed by atoms with van der Waals surface area (Å²) in [5, 5.41) is 18.0. The molecule has 0 aromatic rings. The van der Waals surface area contributed by atoms with Gasteiger partial charge in [0.25, 0.3) is 0 Å². The number of hydrogen-bond donors (Lipinski definition) is 2. The van der Waals surface area contributed by atoms with Gasteiger partial charge in [-0.25, -0.2) is 4.79 Å². The Balaban J connectivity index is 4.73. The molecule has 0 saturated heterocycles. The van der Waals surface area contributed by atoms with Gasteiger partial charge in [-0.2, -0.15) is 0 Å². The Morgan fingerprint density at radius 1 is 1.33 bits per heavy atom. The maximum atomic E-state index is 10.6. The van der Waals surface area contributed by atoms with E-state index in [4.69, 9.17) is 5.11 Å². The van der Waals surface area contributed by atoms with Crippen LogP contribution in [0.3, 0.4) is 0 Å². The van der Waals surface area contributed by atoms with Crippen molar-refractivity contribution in [1.29, 1.82) is 0 Å². The van der Waals surface area contributed by atoms with Gasteiger partial charge >= 0.3 is 5.97 Å². The highest BCUT2D eigenvalue weighted by atomic mass is 28.3. The van der Waals surface area contributed by atoms with Crippen LogP contribution in [0, 0.1) is 0 Å². The molecule has 3 nitrogen and oxygen atoms in total. The summed E-state index contributed by atoms with van der Waals surface area (Å²) in [6.07, 6.45) is 0. The molecule has 0 unspecified atom stereocenters. The van der Waals surface area contributed by atoms with Crippen molar-refractivity contribution >= 4 is 14.0 Å². The minimum Gasteiger partial charge on any atom is -0.480 e. The minimum atomic E-state index is -2.12. The average Bonchev–Trinajstić information content (AvgIpc) is 1.83. The molecule has 0 fully saturated rings. The van der Waals surface area contributed by atoms with Gasteiger partial charge in [-0.15, -0.1) is 0 Å². The first-order valence-electron chi connectivity index (χ1n) is 4.01. The fourth-order valence-electron chi connectivity index (χ4n) is 0.719. The number of carbonyl (C=O) groups is 1. The molecule has 1 atom stereocenters. The van der Waals surface area contributed by atoms with Gasteiger partial charge in [0.2, 0.25) is 0 Å². The van der Waals surface area contributed by atoms with Gasteiger partial charge in [0.15, 0.2) is 0 Å². The van der Waals surface area contributed by atoms with Crippen molar-refractivity contribution in [2.45, 2.75) is 44.6 Å². The van der Waals surface area contributed by atoms with E-state index >= 15 is 0 Å². The lowest BCUT2D eigenvalue weighted by Crippen LogP contribution is -2.53. The van der Waals surface area contributed by atoms with Crippen LogP contribution in [0.25, 0.3) is 0 Å². The SMILES string of the molecule is CC(C)(C)[Si](C)(C)[C@H](O)C(=O)O. The summed E-state index contributed by atoms with van der Waals surface area (Å²) in [7, 11) is -2.12. The molecule has 12 heavy (non-hydrogen) atoms. The highest BCUT2D eigenvalue weighted by Gasteiger charge is 2.45. The van der Waals surface area contributed by atoms with Crippen LogP contribution in [0.1, 0.15) is 20.8 Å². The Hall–Kier alpha value is -0.353. The largest absolute Gasteiger partial charge is 0.480 e. The summed E-state index contributed by atoms with van der Waals surface area (Å²) in [5.74, 6) is -1.10. The molecule has 0 aliphatic rings. The summed E-state index contributed by atoms with van der Waals surface area (Å²) in [6, 6.07) is 0. The summed E-state index contributed by atoms with van der Waals surface area (Å²) < 4.78 is 0. The second-order valence-corrected chi connectivity index (χ2v) is 10.2. The van der Waals surface area contributed by atoms with Gasteiger partial charge in [0, 0.05) is 0 Å². The predicted molar refractivity (Wildman–Crippen MR) is 50.8 cm³/mol. The summed E-state index contributed by atoms with van der Waals surface area (Å²) in [6.45, 7) is 9.72. The Labute approximate surface area is 74.4 Å². The first kappa shape index (κ1) is 11.6. The Morgan fingerprint density at radius 3 is 1.75 bits per heavy atom. The Morgan fingerprint density at radius 2 is 1.67 bits per heavy atom. The van der Waals surface area contributed by atoms with Crippen molar-refractivity contribution in [3.8, 4) is 0 Å². The molecule has 0 amide bonds. The van der Waals surface area contributed by atoms with E-state index in [1.807, 2.05) is 33.9 Å². The van der Waals surface area contributed by atoms with Gasteiger partial charge in [-0.3, -0.25) is 0 Å². The van der Waals surface area contributed by atoms with Crippen LogP contribution in [0.15, 0.2) is 0 Å². The van der Waals surface area contributed by atoms with Crippen LogP contribution in [0.4, 0.5) is 0 Å². The van der Waals surface area contributed by atoms with E-state index in [9.17, 15) is 9.90 Å². The summed E-state index contributed by atoms with van der Waals surface area (Å²) >= 11 is 0. The monoisotopic (exact) mass is 190 g/mol. The first-order valence-corrected chi connectivity index (χ1v) is 7.09. The normalized spacial score (nSPS) is 15.8. The van der Waals surface area contributed by atoms with Crippen LogP contribution in [0.2, 0.25) is 18.1 Å². The second kappa shape index (κ2) is 3.18. The molecule has 0 bridgehead atoms. The number of carboxylic acids is 1. The van der Waals surface area contributed by atoms with Gasteiger partial charge in [-0.1, -0.05) is 33.9 Å². The fraction of sp³-hybridized carbons (Fsp3) is 0.875. The molecular weight excluding hydrogens is 172 g/mol. The molecule has 72 valence electrons. The number of aliphatic hydroxyl groups is 1. The smallest absolute Gasteiger partial charge is 0.329 e. The highest BCUT2D eigenvalue weighted by molar-refractivity contribution is 6.83. The second-order valence-electron chi connectivity index (χ2n) is 4.71. The van der Waals surface area contributed by atoms with E-state index in [0.29, 0.717) is 0 Å².